The van der Waals surface area contributed by atoms with Gasteiger partial charge in [0.1, 0.15) is 11.3 Å². The summed E-state index contributed by atoms with van der Waals surface area (Å²) in [5.41, 5.74) is 0.0287. The molecule has 5 nitrogen and oxygen atoms in total. The largest absolute Gasteiger partial charge is 0.508 e. The molecule has 1 heterocycles. The van der Waals surface area contributed by atoms with Crippen LogP contribution < -0.4 is 5.63 Å². The summed E-state index contributed by atoms with van der Waals surface area (Å²) in [5, 5.41) is 9.94. The minimum Gasteiger partial charge on any atom is -0.508 e. The molecule has 2 rings (SSSR count). The van der Waals surface area contributed by atoms with Gasteiger partial charge in [-0.1, -0.05) is 0 Å². The van der Waals surface area contributed by atoms with E-state index in [-0.39, 0.29) is 17.9 Å². The van der Waals surface area contributed by atoms with E-state index in [9.17, 15) is 14.7 Å². The molecule has 0 aliphatic rings. The second kappa shape index (κ2) is 5.39. The van der Waals surface area contributed by atoms with Crippen LogP contribution in [0.2, 0.25) is 0 Å². The lowest BCUT2D eigenvalue weighted by Gasteiger charge is -1.99. The maximum absolute atomic E-state index is 11.7. The maximum Gasteiger partial charge on any atom is 0.343 e. The van der Waals surface area contributed by atoms with Crippen molar-refractivity contribution in [3.63, 3.8) is 0 Å². The van der Waals surface area contributed by atoms with E-state index in [1.807, 2.05) is 0 Å². The number of hydrogen-bond acceptors (Lipinski definition) is 5. The molecule has 0 saturated heterocycles. The van der Waals surface area contributed by atoms with E-state index in [0.717, 1.165) is 6.08 Å². The Balaban J connectivity index is 2.41. The third kappa shape index (κ3) is 3.01. The van der Waals surface area contributed by atoms with Crippen molar-refractivity contribution in [3.05, 3.63) is 46.3 Å². The first-order chi connectivity index (χ1) is 9.10. The van der Waals surface area contributed by atoms with Gasteiger partial charge in [0.05, 0.1) is 12.2 Å². The molecule has 0 aliphatic carbocycles. The Bertz CT molecular complexity index is 697. The molecular weight excluding hydrogens is 248 g/mol. The van der Waals surface area contributed by atoms with Crippen LogP contribution in [0, 0.1) is 0 Å². The summed E-state index contributed by atoms with van der Waals surface area (Å²) in [6.07, 6.45) is 2.48. The van der Waals surface area contributed by atoms with Gasteiger partial charge in [-0.15, -0.1) is 0 Å². The van der Waals surface area contributed by atoms with Crippen molar-refractivity contribution in [3.8, 4) is 5.75 Å². The Kier molecular flexibility index (Phi) is 3.66. The van der Waals surface area contributed by atoms with Gasteiger partial charge in [-0.2, -0.15) is 0 Å². The maximum atomic E-state index is 11.7. The molecule has 0 radical (unpaired) electrons. The number of aromatic hydroxyl groups is 1. The summed E-state index contributed by atoms with van der Waals surface area (Å²) in [4.78, 5) is 22.8. The minimum atomic E-state index is -0.557. The van der Waals surface area contributed by atoms with E-state index >= 15 is 0 Å². The molecule has 5 heteroatoms. The van der Waals surface area contributed by atoms with Gasteiger partial charge in [0.2, 0.25) is 0 Å². The fourth-order valence-corrected chi connectivity index (χ4v) is 1.59. The van der Waals surface area contributed by atoms with Crippen molar-refractivity contribution >= 4 is 23.0 Å². The van der Waals surface area contributed by atoms with Gasteiger partial charge in [0.25, 0.3) is 0 Å². The highest BCUT2D eigenvalue weighted by Crippen LogP contribution is 2.19. The Hall–Kier alpha value is -2.56. The van der Waals surface area contributed by atoms with Crippen molar-refractivity contribution in [2.75, 3.05) is 6.61 Å². The summed E-state index contributed by atoms with van der Waals surface area (Å²) in [7, 11) is 0. The highest BCUT2D eigenvalue weighted by molar-refractivity contribution is 5.88. The molecule has 2 aromatic rings. The first-order valence-corrected chi connectivity index (χ1v) is 5.72. The van der Waals surface area contributed by atoms with Crippen LogP contribution in [0.5, 0.6) is 5.75 Å². The van der Waals surface area contributed by atoms with E-state index in [1.165, 1.54) is 30.3 Å². The zero-order valence-corrected chi connectivity index (χ0v) is 10.3. The van der Waals surface area contributed by atoms with E-state index in [1.54, 1.807) is 6.92 Å². The molecule has 1 N–H and O–H groups in total. The zero-order valence-electron chi connectivity index (χ0n) is 10.3. The SMILES string of the molecule is CCOC(=O)/C=C/c1cc2cc(O)ccc2oc1=O. The van der Waals surface area contributed by atoms with Crippen molar-refractivity contribution in [1.29, 1.82) is 0 Å². The van der Waals surface area contributed by atoms with Crippen LogP contribution in [0.15, 0.2) is 39.6 Å². The minimum absolute atomic E-state index is 0.0710. The average molecular weight is 260 g/mol. The molecule has 0 amide bonds. The van der Waals surface area contributed by atoms with Gasteiger partial charge in [-0.05, 0) is 37.3 Å². The number of rotatable bonds is 3. The molecule has 0 spiro atoms. The summed E-state index contributed by atoms with van der Waals surface area (Å²) >= 11 is 0. The summed E-state index contributed by atoms with van der Waals surface area (Å²) < 4.78 is 9.78. The second-order valence-corrected chi connectivity index (χ2v) is 3.80. The van der Waals surface area contributed by atoms with E-state index < -0.39 is 11.6 Å². The van der Waals surface area contributed by atoms with Gasteiger partial charge in [-0.25, -0.2) is 9.59 Å². The van der Waals surface area contributed by atoms with E-state index in [2.05, 4.69) is 0 Å². The highest BCUT2D eigenvalue weighted by Gasteiger charge is 2.04. The first-order valence-electron chi connectivity index (χ1n) is 5.72. The Morgan fingerprint density at radius 1 is 1.42 bits per heavy atom. The van der Waals surface area contributed by atoms with Gasteiger partial charge < -0.3 is 14.3 Å². The van der Waals surface area contributed by atoms with Crippen LogP contribution in [0.3, 0.4) is 0 Å². The van der Waals surface area contributed by atoms with Crippen LogP contribution in [-0.4, -0.2) is 17.7 Å². The smallest absolute Gasteiger partial charge is 0.343 e. The van der Waals surface area contributed by atoms with Crippen molar-refractivity contribution in [1.82, 2.24) is 0 Å². The van der Waals surface area contributed by atoms with Crippen molar-refractivity contribution in [2.24, 2.45) is 0 Å². The molecular formula is C14H12O5. The average Bonchev–Trinajstić information content (AvgIpc) is 2.37. The standard InChI is InChI=1S/C14H12O5/c1-2-18-13(16)6-3-9-7-10-8-11(15)4-5-12(10)19-14(9)17/h3-8,15H,2H2,1H3/b6-3+. The van der Waals surface area contributed by atoms with Crippen LogP contribution in [-0.2, 0) is 9.53 Å². The molecule has 0 bridgehead atoms. The fourth-order valence-electron chi connectivity index (χ4n) is 1.59. The van der Waals surface area contributed by atoms with Crippen LogP contribution >= 0.6 is 0 Å². The normalized spacial score (nSPS) is 11.0. The number of benzene rings is 1. The lowest BCUT2D eigenvalue weighted by atomic mass is 10.1. The summed E-state index contributed by atoms with van der Waals surface area (Å²) in [5.74, 6) is -0.459. The highest BCUT2D eigenvalue weighted by atomic mass is 16.5. The van der Waals surface area contributed by atoms with Crippen LogP contribution in [0.1, 0.15) is 12.5 Å². The molecule has 19 heavy (non-hydrogen) atoms. The lowest BCUT2D eigenvalue weighted by molar-refractivity contribution is -0.137. The van der Waals surface area contributed by atoms with Crippen molar-refractivity contribution < 1.29 is 19.1 Å². The molecule has 0 unspecified atom stereocenters. The Morgan fingerprint density at radius 3 is 2.95 bits per heavy atom. The van der Waals surface area contributed by atoms with Crippen LogP contribution in [0.25, 0.3) is 17.0 Å². The molecule has 98 valence electrons. The predicted octanol–water partition coefficient (Wildman–Crippen LogP) is 2.07. The number of carbonyl (C=O) groups is 1. The van der Waals surface area contributed by atoms with Gasteiger partial charge >= 0.3 is 11.6 Å². The van der Waals surface area contributed by atoms with Gasteiger partial charge in [0.15, 0.2) is 0 Å². The number of phenolic OH excluding ortho intramolecular Hbond substituents is 1. The predicted molar refractivity (Wildman–Crippen MR) is 69.8 cm³/mol. The molecule has 0 saturated carbocycles. The van der Waals surface area contributed by atoms with E-state index in [4.69, 9.17) is 9.15 Å². The number of phenols is 1. The quantitative estimate of drug-likeness (QED) is 0.519. The van der Waals surface area contributed by atoms with Crippen LogP contribution in [0.4, 0.5) is 0 Å². The van der Waals surface area contributed by atoms with Crippen molar-refractivity contribution in [2.45, 2.75) is 6.92 Å². The third-order valence-electron chi connectivity index (χ3n) is 2.43. The number of esters is 1. The zero-order chi connectivity index (χ0) is 13.8. The Labute approximate surface area is 108 Å². The molecule has 0 fully saturated rings. The second-order valence-electron chi connectivity index (χ2n) is 3.80. The van der Waals surface area contributed by atoms with E-state index in [0.29, 0.717) is 11.0 Å². The number of fused-ring (bicyclic) bond motifs is 1. The monoisotopic (exact) mass is 260 g/mol. The third-order valence-corrected chi connectivity index (χ3v) is 2.43. The number of ether oxygens (including phenoxy) is 1. The fraction of sp³-hybridized carbons (Fsp3) is 0.143. The lowest BCUT2D eigenvalue weighted by Crippen LogP contribution is -2.04. The molecule has 1 aromatic heterocycles. The molecule has 0 atom stereocenters. The first kappa shape index (κ1) is 12.9. The summed E-state index contributed by atoms with van der Waals surface area (Å²) in [6, 6.07) is 5.95. The Morgan fingerprint density at radius 2 is 2.21 bits per heavy atom. The molecule has 1 aromatic carbocycles. The number of hydrogen-bond donors (Lipinski definition) is 1. The van der Waals surface area contributed by atoms with Gasteiger partial charge in [-0.3, -0.25) is 0 Å². The summed E-state index contributed by atoms with van der Waals surface area (Å²) in [6.45, 7) is 1.96. The van der Waals surface area contributed by atoms with Gasteiger partial charge in [0, 0.05) is 11.5 Å². The topological polar surface area (TPSA) is 76.7 Å². The molecule has 0 aliphatic heterocycles. The number of carbonyl (C=O) groups excluding carboxylic acids is 1.